The zero-order valence-electron chi connectivity index (χ0n) is 21.2. The second-order valence-electron chi connectivity index (χ2n) is 9.62. The Morgan fingerprint density at radius 1 is 1.23 bits per heavy atom. The first-order valence-corrected chi connectivity index (χ1v) is 12.4. The van der Waals surface area contributed by atoms with Gasteiger partial charge in [0.25, 0.3) is 0 Å². The molecule has 0 aromatic rings. The van der Waals surface area contributed by atoms with Crippen LogP contribution in [0.3, 0.4) is 0 Å². The van der Waals surface area contributed by atoms with Gasteiger partial charge in [0.1, 0.15) is 18.0 Å². The lowest BCUT2D eigenvalue weighted by molar-refractivity contribution is -0.147. The van der Waals surface area contributed by atoms with Gasteiger partial charge < -0.3 is 14.6 Å². The molecule has 0 saturated carbocycles. The summed E-state index contributed by atoms with van der Waals surface area (Å²) in [4.78, 5) is 48.2. The maximum Gasteiger partial charge on any atom is 0.331 e. The summed E-state index contributed by atoms with van der Waals surface area (Å²) in [7, 11) is 1.52. The van der Waals surface area contributed by atoms with Gasteiger partial charge in [-0.2, -0.15) is 0 Å². The molecular formula is C27H39NO7. The highest BCUT2D eigenvalue weighted by Gasteiger charge is 2.33. The predicted molar refractivity (Wildman–Crippen MR) is 131 cm³/mol. The second-order valence-corrected chi connectivity index (χ2v) is 9.62. The molecule has 35 heavy (non-hydrogen) atoms. The van der Waals surface area contributed by atoms with Gasteiger partial charge in [-0.1, -0.05) is 38.2 Å². The van der Waals surface area contributed by atoms with Crippen molar-refractivity contribution >= 4 is 23.6 Å². The van der Waals surface area contributed by atoms with E-state index in [1.54, 1.807) is 32.9 Å². The molecule has 194 valence electrons. The van der Waals surface area contributed by atoms with Crippen molar-refractivity contribution in [1.29, 1.82) is 0 Å². The fourth-order valence-electron chi connectivity index (χ4n) is 4.62. The van der Waals surface area contributed by atoms with E-state index in [0.717, 1.165) is 6.42 Å². The first-order chi connectivity index (χ1) is 16.6. The molecule has 0 aliphatic carbocycles. The Hall–Kier alpha value is -2.58. The molecule has 2 aliphatic heterocycles. The highest BCUT2D eigenvalue weighted by atomic mass is 16.5. The second kappa shape index (κ2) is 14.1. The van der Waals surface area contributed by atoms with Crippen LogP contribution in [0.1, 0.15) is 65.7 Å². The van der Waals surface area contributed by atoms with Crippen molar-refractivity contribution in [3.8, 4) is 0 Å². The van der Waals surface area contributed by atoms with Gasteiger partial charge >= 0.3 is 5.97 Å². The van der Waals surface area contributed by atoms with Gasteiger partial charge in [0.15, 0.2) is 0 Å². The summed E-state index contributed by atoms with van der Waals surface area (Å²) >= 11 is 0. The van der Waals surface area contributed by atoms with Crippen LogP contribution in [0.25, 0.3) is 0 Å². The molecule has 8 nitrogen and oxygen atoms in total. The van der Waals surface area contributed by atoms with Gasteiger partial charge in [-0.05, 0) is 44.1 Å². The summed E-state index contributed by atoms with van der Waals surface area (Å²) in [6.07, 6.45) is 10.1. The van der Waals surface area contributed by atoms with Crippen LogP contribution in [0.4, 0.5) is 0 Å². The highest BCUT2D eigenvalue weighted by Crippen LogP contribution is 2.26. The van der Waals surface area contributed by atoms with Gasteiger partial charge in [-0.3, -0.25) is 19.7 Å². The first-order valence-electron chi connectivity index (χ1n) is 12.4. The highest BCUT2D eigenvalue weighted by molar-refractivity contribution is 5.97. The number of piperidine rings is 1. The van der Waals surface area contributed by atoms with E-state index in [2.05, 4.69) is 5.32 Å². The van der Waals surface area contributed by atoms with Gasteiger partial charge in [0.05, 0.1) is 6.10 Å². The average molecular weight is 490 g/mol. The lowest BCUT2D eigenvalue weighted by atomic mass is 9.87. The third-order valence-electron chi connectivity index (χ3n) is 6.68. The van der Waals surface area contributed by atoms with Crippen molar-refractivity contribution in [2.24, 2.45) is 17.8 Å². The molecule has 0 radical (unpaired) electrons. The third kappa shape index (κ3) is 9.18. The number of allylic oxidation sites excluding steroid dienone is 3. The van der Waals surface area contributed by atoms with Crippen molar-refractivity contribution in [1.82, 2.24) is 5.32 Å². The number of aliphatic hydroxyl groups is 1. The van der Waals surface area contributed by atoms with Crippen molar-refractivity contribution in [3.05, 3.63) is 36.0 Å². The van der Waals surface area contributed by atoms with Crippen LogP contribution in [0.2, 0.25) is 0 Å². The van der Waals surface area contributed by atoms with E-state index < -0.39 is 36.1 Å². The number of nitrogens with one attached hydrogen (secondary N) is 1. The Balaban J connectivity index is 2.05. The van der Waals surface area contributed by atoms with E-state index >= 15 is 0 Å². The molecule has 1 unspecified atom stereocenters. The van der Waals surface area contributed by atoms with Crippen LogP contribution in [0, 0.1) is 17.8 Å². The van der Waals surface area contributed by atoms with Gasteiger partial charge in [-0.15, -0.1) is 0 Å². The van der Waals surface area contributed by atoms with Crippen LogP contribution in [0.5, 0.6) is 0 Å². The minimum atomic E-state index is -0.915. The fraction of sp³-hybridized carbons (Fsp3) is 0.630. The smallest absolute Gasteiger partial charge is 0.331 e. The number of carbonyl (C=O) groups is 4. The van der Waals surface area contributed by atoms with Crippen LogP contribution in [-0.4, -0.2) is 54.1 Å². The van der Waals surface area contributed by atoms with Gasteiger partial charge in [0.2, 0.25) is 11.8 Å². The summed E-state index contributed by atoms with van der Waals surface area (Å²) < 4.78 is 11.2. The van der Waals surface area contributed by atoms with Gasteiger partial charge in [0, 0.05) is 44.3 Å². The number of imide groups is 1. The maximum atomic E-state index is 12.8. The summed E-state index contributed by atoms with van der Waals surface area (Å²) in [5.41, 5.74) is 0.685. The number of esters is 1. The molecule has 0 aromatic carbocycles. The number of amides is 2. The molecule has 0 aromatic heterocycles. The number of Topliss-reactive ketones (excluding diaryl/α,β-unsaturated/α-hetero) is 1. The Morgan fingerprint density at radius 2 is 1.89 bits per heavy atom. The third-order valence-corrected chi connectivity index (χ3v) is 6.68. The van der Waals surface area contributed by atoms with Crippen molar-refractivity contribution in [2.45, 2.75) is 84.0 Å². The van der Waals surface area contributed by atoms with E-state index in [9.17, 15) is 24.3 Å². The molecule has 5 atom stereocenters. The number of cyclic esters (lactones) is 1. The van der Waals surface area contributed by atoms with Crippen molar-refractivity contribution in [2.75, 3.05) is 7.11 Å². The number of hydrogen-bond acceptors (Lipinski definition) is 7. The SMILES string of the molecule is CO[C@H]1/C=C/CC/C=C/C(=O)OC(/C(C)=C/[C@H](C)C(=O)CCCC2CC(=O)NC(=O)C2)[C@H](C)[C@@H]1O. The number of ether oxygens (including phenoxy) is 2. The number of ketones is 1. The van der Waals surface area contributed by atoms with Crippen LogP contribution in [-0.2, 0) is 28.7 Å². The number of methoxy groups -OCH3 is 1. The molecule has 8 heteroatoms. The number of rotatable bonds is 8. The van der Waals surface area contributed by atoms with E-state index in [0.29, 0.717) is 44.1 Å². The first kappa shape index (κ1) is 28.7. The summed E-state index contributed by atoms with van der Waals surface area (Å²) in [5, 5.41) is 13.2. The molecule has 2 amide bonds. The molecule has 0 bridgehead atoms. The molecule has 2 rings (SSSR count). The van der Waals surface area contributed by atoms with Crippen LogP contribution >= 0.6 is 0 Å². The molecule has 2 heterocycles. The fourth-order valence-corrected chi connectivity index (χ4v) is 4.62. The minimum absolute atomic E-state index is 0.0227. The molecular weight excluding hydrogens is 450 g/mol. The summed E-state index contributed by atoms with van der Waals surface area (Å²) in [6, 6.07) is 0. The van der Waals surface area contributed by atoms with Gasteiger partial charge in [-0.25, -0.2) is 4.79 Å². The molecule has 2 aliphatic rings. The van der Waals surface area contributed by atoms with Crippen molar-refractivity contribution in [3.63, 3.8) is 0 Å². The number of carbonyl (C=O) groups excluding carboxylic acids is 4. The Bertz CT molecular complexity index is 844. The Kier molecular flexibility index (Phi) is 11.5. The lowest BCUT2D eigenvalue weighted by Gasteiger charge is -2.31. The zero-order valence-corrected chi connectivity index (χ0v) is 21.2. The predicted octanol–water partition coefficient (Wildman–Crippen LogP) is 3.19. The van der Waals surface area contributed by atoms with E-state index in [-0.39, 0.29) is 23.5 Å². The normalized spacial score (nSPS) is 29.9. The molecule has 2 N–H and O–H groups in total. The van der Waals surface area contributed by atoms with Crippen LogP contribution < -0.4 is 5.32 Å². The van der Waals surface area contributed by atoms with Crippen molar-refractivity contribution < 1.29 is 33.8 Å². The minimum Gasteiger partial charge on any atom is -0.454 e. The number of hydrogen-bond donors (Lipinski definition) is 2. The molecule has 0 spiro atoms. The van der Waals surface area contributed by atoms with E-state index in [1.165, 1.54) is 13.2 Å². The largest absolute Gasteiger partial charge is 0.454 e. The standard InChI is InChI=1S/C27H39NO7/c1-17(21(29)11-9-10-20-15-23(30)28-24(31)16-20)14-18(2)27-19(3)26(33)22(34-4)12-7-5-6-8-13-25(32)35-27/h7-8,12-14,17,19-20,22,26-27,33H,5-6,9-11,15-16H2,1-4H3,(H,28,30,31)/b12-7+,13-8+,18-14+/t17-,19+,22-,26-,27?/m0/s1. The Labute approximate surface area is 207 Å². The summed E-state index contributed by atoms with van der Waals surface area (Å²) in [6.45, 7) is 5.39. The topological polar surface area (TPSA) is 119 Å². The van der Waals surface area contributed by atoms with Crippen LogP contribution in [0.15, 0.2) is 36.0 Å². The van der Waals surface area contributed by atoms with E-state index in [4.69, 9.17) is 9.47 Å². The number of aliphatic hydroxyl groups excluding tert-OH is 1. The zero-order chi connectivity index (χ0) is 26.0. The average Bonchev–Trinajstić information content (AvgIpc) is 2.79. The Morgan fingerprint density at radius 3 is 2.54 bits per heavy atom. The monoisotopic (exact) mass is 489 g/mol. The lowest BCUT2D eigenvalue weighted by Crippen LogP contribution is -2.41. The quantitative estimate of drug-likeness (QED) is 0.305. The molecule has 1 saturated heterocycles. The summed E-state index contributed by atoms with van der Waals surface area (Å²) in [5.74, 6) is -1.89. The molecule has 1 fully saturated rings. The maximum absolute atomic E-state index is 12.8. The van der Waals surface area contributed by atoms with E-state index in [1.807, 2.05) is 12.2 Å².